The van der Waals surface area contributed by atoms with Gasteiger partial charge in [-0.2, -0.15) is 10.4 Å². The molecule has 0 fully saturated rings. The molecule has 30 heavy (non-hydrogen) atoms. The van der Waals surface area contributed by atoms with Gasteiger partial charge in [-0.3, -0.25) is 0 Å². The highest BCUT2D eigenvalue weighted by Crippen LogP contribution is 2.34. The van der Waals surface area contributed by atoms with Crippen molar-refractivity contribution in [2.24, 2.45) is 0 Å². The van der Waals surface area contributed by atoms with Gasteiger partial charge in [0.1, 0.15) is 18.0 Å². The van der Waals surface area contributed by atoms with Gasteiger partial charge in [-0.15, -0.1) is 0 Å². The summed E-state index contributed by atoms with van der Waals surface area (Å²) in [6, 6.07) is 10.2. The molecule has 2 bridgehead atoms. The van der Waals surface area contributed by atoms with E-state index in [1.807, 2.05) is 17.6 Å². The summed E-state index contributed by atoms with van der Waals surface area (Å²) >= 11 is 0. The number of aromatic nitrogens is 5. The van der Waals surface area contributed by atoms with Gasteiger partial charge >= 0.3 is 0 Å². The third-order valence-electron chi connectivity index (χ3n) is 5.11. The lowest BCUT2D eigenvalue weighted by atomic mass is 10.1. The zero-order valence-electron chi connectivity index (χ0n) is 16.0. The van der Waals surface area contributed by atoms with E-state index >= 15 is 0 Å². The molecule has 0 saturated heterocycles. The van der Waals surface area contributed by atoms with Crippen LogP contribution in [0.4, 0.5) is 10.2 Å². The standard InChI is InChI=1S/C21H16FN7O/c1-12-16-7-14(22)2-3-18(16)29-15(4-5-27-29)10-28-11-26-17(8-23)20(28)13-6-19(30-12)21(24)25-9-13/h2-7,9,11-12H,10H2,1H3,(H2,24,25)/t12-/m1/s1. The Bertz CT molecular complexity index is 1320. The first kappa shape index (κ1) is 17.9. The number of nitriles is 1. The predicted octanol–water partition coefficient (Wildman–Crippen LogP) is 3.23. The van der Waals surface area contributed by atoms with E-state index in [2.05, 4.69) is 21.1 Å². The Hall–Kier alpha value is -4.19. The van der Waals surface area contributed by atoms with Crippen LogP contribution in [-0.4, -0.2) is 24.3 Å². The molecule has 1 aromatic carbocycles. The van der Waals surface area contributed by atoms with Crippen LogP contribution in [0, 0.1) is 17.1 Å². The first-order chi connectivity index (χ1) is 14.5. The number of hydrogen-bond acceptors (Lipinski definition) is 6. The minimum atomic E-state index is -0.535. The number of nitrogens with two attached hydrogens (primary N) is 1. The zero-order valence-corrected chi connectivity index (χ0v) is 16.0. The fraction of sp³-hybridized carbons (Fsp3) is 0.143. The fourth-order valence-corrected chi connectivity index (χ4v) is 3.71. The highest BCUT2D eigenvalue weighted by Gasteiger charge is 2.22. The molecule has 4 aromatic rings. The van der Waals surface area contributed by atoms with Crippen LogP contribution in [0.1, 0.15) is 30.0 Å². The van der Waals surface area contributed by atoms with Crippen molar-refractivity contribution in [2.75, 3.05) is 5.73 Å². The Labute approximate surface area is 171 Å². The van der Waals surface area contributed by atoms with Crippen LogP contribution in [0.2, 0.25) is 0 Å². The van der Waals surface area contributed by atoms with E-state index in [4.69, 9.17) is 10.5 Å². The molecule has 0 spiro atoms. The number of pyridine rings is 1. The molecule has 148 valence electrons. The average molecular weight is 401 g/mol. The summed E-state index contributed by atoms with van der Waals surface area (Å²) < 4.78 is 23.8. The monoisotopic (exact) mass is 401 g/mol. The highest BCUT2D eigenvalue weighted by molar-refractivity contribution is 5.69. The number of nitrogens with zero attached hydrogens (tertiary/aromatic N) is 6. The number of hydrogen-bond donors (Lipinski definition) is 1. The molecule has 4 heterocycles. The number of benzene rings is 1. The summed E-state index contributed by atoms with van der Waals surface area (Å²) in [4.78, 5) is 8.47. The summed E-state index contributed by atoms with van der Waals surface area (Å²) in [6.45, 7) is 2.21. The van der Waals surface area contributed by atoms with E-state index in [0.29, 0.717) is 34.8 Å². The van der Waals surface area contributed by atoms with Crippen molar-refractivity contribution in [3.63, 3.8) is 0 Å². The maximum Gasteiger partial charge on any atom is 0.166 e. The molecule has 8 nitrogen and oxygen atoms in total. The quantitative estimate of drug-likeness (QED) is 0.485. The van der Waals surface area contributed by atoms with Crippen LogP contribution >= 0.6 is 0 Å². The van der Waals surface area contributed by atoms with Crippen molar-refractivity contribution >= 4 is 5.82 Å². The van der Waals surface area contributed by atoms with Crippen LogP contribution in [0.15, 0.2) is 49.1 Å². The van der Waals surface area contributed by atoms with Gasteiger partial charge in [-0.1, -0.05) is 0 Å². The lowest BCUT2D eigenvalue weighted by molar-refractivity contribution is 0.226. The van der Waals surface area contributed by atoms with Crippen molar-refractivity contribution in [2.45, 2.75) is 19.6 Å². The van der Waals surface area contributed by atoms with Crippen molar-refractivity contribution < 1.29 is 9.13 Å². The first-order valence-electron chi connectivity index (χ1n) is 9.25. The number of nitrogen functional groups attached to an aromatic ring is 1. The molecule has 9 heteroatoms. The Morgan fingerprint density at radius 2 is 2.13 bits per heavy atom. The molecule has 0 aliphatic carbocycles. The van der Waals surface area contributed by atoms with Gasteiger partial charge in [0.25, 0.3) is 0 Å². The molecule has 2 N–H and O–H groups in total. The van der Waals surface area contributed by atoms with E-state index in [9.17, 15) is 9.65 Å². The van der Waals surface area contributed by atoms with E-state index in [1.165, 1.54) is 12.1 Å². The summed E-state index contributed by atoms with van der Waals surface area (Å²) in [6.07, 6.45) is 4.32. The number of fused-ring (bicyclic) bond motifs is 7. The van der Waals surface area contributed by atoms with Crippen LogP contribution in [-0.2, 0) is 6.54 Å². The number of rotatable bonds is 0. The maximum atomic E-state index is 14.1. The van der Waals surface area contributed by atoms with Crippen LogP contribution in [0.25, 0.3) is 16.9 Å². The third kappa shape index (κ3) is 2.78. The van der Waals surface area contributed by atoms with Crippen molar-refractivity contribution in [3.8, 4) is 28.8 Å². The SMILES string of the molecule is C[C@H]1Oc2cc(cnc2N)-c2c(C#N)ncn2Cc2ccnn2-c2ccc(F)cc21. The van der Waals surface area contributed by atoms with Crippen molar-refractivity contribution in [1.29, 1.82) is 5.26 Å². The Kier molecular flexibility index (Phi) is 3.99. The Balaban J connectivity index is 1.81. The molecule has 0 radical (unpaired) electrons. The van der Waals surface area contributed by atoms with E-state index in [-0.39, 0.29) is 17.3 Å². The van der Waals surface area contributed by atoms with E-state index in [0.717, 1.165) is 5.69 Å². The lowest BCUT2D eigenvalue weighted by Crippen LogP contribution is -2.15. The van der Waals surface area contributed by atoms with Gasteiger partial charge in [0.15, 0.2) is 17.3 Å². The van der Waals surface area contributed by atoms with Crippen molar-refractivity contribution in [3.05, 3.63) is 71.8 Å². The van der Waals surface area contributed by atoms with E-state index in [1.54, 1.807) is 35.5 Å². The summed E-state index contributed by atoms with van der Waals surface area (Å²) in [5.41, 5.74) is 9.70. The third-order valence-corrected chi connectivity index (χ3v) is 5.11. The maximum absolute atomic E-state index is 14.1. The Morgan fingerprint density at radius 1 is 1.27 bits per heavy atom. The smallest absolute Gasteiger partial charge is 0.166 e. The van der Waals surface area contributed by atoms with Crippen LogP contribution < -0.4 is 10.5 Å². The van der Waals surface area contributed by atoms with Crippen LogP contribution in [0.5, 0.6) is 5.75 Å². The van der Waals surface area contributed by atoms with Gasteiger partial charge in [0.05, 0.1) is 29.9 Å². The zero-order chi connectivity index (χ0) is 20.8. The number of halogens is 1. The minimum Gasteiger partial charge on any atom is -0.482 e. The minimum absolute atomic E-state index is 0.199. The van der Waals surface area contributed by atoms with Gasteiger partial charge in [-0.25, -0.2) is 19.0 Å². The first-order valence-corrected chi connectivity index (χ1v) is 9.25. The topological polar surface area (TPSA) is 108 Å². The number of anilines is 1. The number of imidazole rings is 1. The molecular formula is C21H16FN7O. The molecule has 1 aliphatic heterocycles. The normalized spacial score (nSPS) is 14.9. The van der Waals surface area contributed by atoms with E-state index < -0.39 is 6.10 Å². The molecule has 1 atom stereocenters. The second kappa shape index (κ2) is 6.70. The average Bonchev–Trinajstić information content (AvgIpc) is 3.36. The fourth-order valence-electron chi connectivity index (χ4n) is 3.71. The predicted molar refractivity (Wildman–Crippen MR) is 106 cm³/mol. The number of ether oxygens (including phenoxy) is 1. The summed E-state index contributed by atoms with van der Waals surface area (Å²) in [7, 11) is 0. The largest absolute Gasteiger partial charge is 0.482 e. The highest BCUT2D eigenvalue weighted by atomic mass is 19.1. The lowest BCUT2D eigenvalue weighted by Gasteiger charge is -2.22. The Morgan fingerprint density at radius 3 is 2.97 bits per heavy atom. The van der Waals surface area contributed by atoms with Gasteiger partial charge in [0, 0.05) is 23.5 Å². The van der Waals surface area contributed by atoms with Gasteiger partial charge in [0.2, 0.25) is 0 Å². The molecule has 5 rings (SSSR count). The second-order valence-corrected chi connectivity index (χ2v) is 6.99. The van der Waals surface area contributed by atoms with Gasteiger partial charge in [-0.05, 0) is 37.3 Å². The molecule has 1 aliphatic rings. The van der Waals surface area contributed by atoms with Crippen LogP contribution in [0.3, 0.4) is 0 Å². The molecule has 0 unspecified atom stereocenters. The van der Waals surface area contributed by atoms with Gasteiger partial charge < -0.3 is 15.0 Å². The molecule has 3 aromatic heterocycles. The van der Waals surface area contributed by atoms with Crippen molar-refractivity contribution in [1.82, 2.24) is 24.3 Å². The molecule has 0 amide bonds. The summed E-state index contributed by atoms with van der Waals surface area (Å²) in [5, 5.41) is 14.0. The molecular weight excluding hydrogens is 385 g/mol. The summed E-state index contributed by atoms with van der Waals surface area (Å²) in [5.74, 6) is 0.165. The molecule has 0 saturated carbocycles. The second-order valence-electron chi connectivity index (χ2n) is 6.99.